The number of hydrogen-bond acceptors (Lipinski definition) is 6. The molecule has 1 aliphatic heterocycles. The first-order valence-electron chi connectivity index (χ1n) is 11.1. The zero-order valence-electron chi connectivity index (χ0n) is 18.2. The van der Waals surface area contributed by atoms with Gasteiger partial charge in [-0.3, -0.25) is 19.1 Å². The van der Waals surface area contributed by atoms with Crippen LogP contribution >= 0.6 is 11.5 Å². The number of ketones is 1. The maximum absolute atomic E-state index is 12.8. The van der Waals surface area contributed by atoms with E-state index in [4.69, 9.17) is 0 Å². The summed E-state index contributed by atoms with van der Waals surface area (Å²) in [7, 11) is 0. The first-order valence-corrected chi connectivity index (χ1v) is 11.9. The minimum Gasteiger partial charge on any atom is -0.353 e. The van der Waals surface area contributed by atoms with Crippen molar-refractivity contribution in [2.45, 2.75) is 19.8 Å². The highest BCUT2D eigenvalue weighted by atomic mass is 32.1. The van der Waals surface area contributed by atoms with E-state index in [0.29, 0.717) is 18.4 Å². The molecule has 0 aliphatic carbocycles. The van der Waals surface area contributed by atoms with E-state index in [-0.39, 0.29) is 11.7 Å². The summed E-state index contributed by atoms with van der Waals surface area (Å²) in [6.45, 7) is 6.32. The lowest BCUT2D eigenvalue weighted by Gasteiger charge is -2.35. The van der Waals surface area contributed by atoms with Crippen LogP contribution in [-0.4, -0.2) is 58.3 Å². The molecule has 0 saturated carbocycles. The molecule has 2 aromatic heterocycles. The number of fused-ring (bicyclic) bond motifs is 2. The molecule has 1 saturated heterocycles. The predicted molar refractivity (Wildman–Crippen MR) is 130 cm³/mol. The molecule has 0 atom stereocenters. The van der Waals surface area contributed by atoms with Crippen LogP contribution in [0.3, 0.4) is 0 Å². The number of nitrogens with zero attached hydrogens (tertiary/aromatic N) is 4. The van der Waals surface area contributed by atoms with E-state index in [1.165, 1.54) is 10.1 Å². The number of hydrogen-bond donors (Lipinski definition) is 0. The number of Topliss-reactive ketones (excluding diaryl/α,β-unsaturated/α-hetero) is 1. The third-order valence-electron chi connectivity index (χ3n) is 6.27. The van der Waals surface area contributed by atoms with Gasteiger partial charge in [0.2, 0.25) is 5.91 Å². The average Bonchev–Trinajstić information content (AvgIpc) is 3.46. The fraction of sp³-hybridized carbons (Fsp3) is 0.320. The number of piperazine rings is 1. The van der Waals surface area contributed by atoms with Crippen molar-refractivity contribution in [2.75, 3.05) is 37.6 Å². The molecule has 0 bridgehead atoms. The molecule has 3 heterocycles. The number of carbonyl (C=O) groups excluding carboxylic acids is 2. The van der Waals surface area contributed by atoms with Crippen LogP contribution in [0.25, 0.3) is 21.0 Å². The standard InChI is InChI=1S/C25H26N4O2S/c1-2-24(31)29-12-9-18-17-19(7-8-21(18)29)22(30)10-11-27-13-15-28(16-14-27)25-20-5-3-4-6-23(20)32-26-25/h3-9,12,17H,2,10-11,13-16H2,1H3. The minimum atomic E-state index is 0.0591. The van der Waals surface area contributed by atoms with Crippen molar-refractivity contribution >= 4 is 50.0 Å². The summed E-state index contributed by atoms with van der Waals surface area (Å²) in [5.74, 6) is 1.29. The third kappa shape index (κ3) is 3.94. The van der Waals surface area contributed by atoms with Crippen LogP contribution in [-0.2, 0) is 0 Å². The molecular weight excluding hydrogens is 420 g/mol. The SMILES string of the molecule is CCC(=O)n1ccc2cc(C(=O)CCN3CCN(c4nsc5ccccc45)CC3)ccc21. The van der Waals surface area contributed by atoms with Gasteiger partial charge in [-0.05, 0) is 47.9 Å². The molecule has 6 nitrogen and oxygen atoms in total. The smallest absolute Gasteiger partial charge is 0.230 e. The van der Waals surface area contributed by atoms with Crippen molar-refractivity contribution < 1.29 is 9.59 Å². The van der Waals surface area contributed by atoms with E-state index in [9.17, 15) is 9.59 Å². The van der Waals surface area contributed by atoms with Gasteiger partial charge in [0.15, 0.2) is 5.78 Å². The molecule has 32 heavy (non-hydrogen) atoms. The Morgan fingerprint density at radius 1 is 1.03 bits per heavy atom. The second-order valence-electron chi connectivity index (χ2n) is 8.21. The summed E-state index contributed by atoms with van der Waals surface area (Å²) >= 11 is 1.56. The lowest BCUT2D eigenvalue weighted by atomic mass is 10.1. The molecule has 4 aromatic rings. The summed E-state index contributed by atoms with van der Waals surface area (Å²) in [4.78, 5) is 29.6. The Morgan fingerprint density at radius 3 is 2.66 bits per heavy atom. The molecule has 1 aliphatic rings. The lowest BCUT2D eigenvalue weighted by Crippen LogP contribution is -2.47. The maximum Gasteiger partial charge on any atom is 0.230 e. The maximum atomic E-state index is 12.8. The molecule has 7 heteroatoms. The third-order valence-corrected chi connectivity index (χ3v) is 7.09. The summed E-state index contributed by atoms with van der Waals surface area (Å²) in [5, 5.41) is 2.16. The van der Waals surface area contributed by atoms with Gasteiger partial charge in [0.1, 0.15) is 5.82 Å². The quantitative estimate of drug-likeness (QED) is 0.402. The van der Waals surface area contributed by atoms with Gasteiger partial charge in [0, 0.05) is 68.1 Å². The Balaban J connectivity index is 1.18. The van der Waals surface area contributed by atoms with Crippen LogP contribution in [0.1, 0.15) is 34.9 Å². The number of benzene rings is 2. The highest BCUT2D eigenvalue weighted by molar-refractivity contribution is 7.13. The fourth-order valence-electron chi connectivity index (χ4n) is 4.39. The summed E-state index contributed by atoms with van der Waals surface area (Å²) in [6, 6.07) is 15.9. The summed E-state index contributed by atoms with van der Waals surface area (Å²) in [6.07, 6.45) is 2.74. The first kappa shape index (κ1) is 20.8. The minimum absolute atomic E-state index is 0.0591. The van der Waals surface area contributed by atoms with Crippen LogP contribution in [0.2, 0.25) is 0 Å². The Labute approximate surface area is 191 Å². The van der Waals surface area contributed by atoms with Gasteiger partial charge in [-0.15, -0.1) is 0 Å². The molecule has 0 amide bonds. The Bertz CT molecular complexity index is 1280. The predicted octanol–water partition coefficient (Wildman–Crippen LogP) is 4.70. The van der Waals surface area contributed by atoms with Crippen molar-refractivity contribution in [3.63, 3.8) is 0 Å². The van der Waals surface area contributed by atoms with Crippen LogP contribution in [0.4, 0.5) is 5.82 Å². The van der Waals surface area contributed by atoms with Crippen LogP contribution in [0, 0.1) is 0 Å². The molecule has 1 fully saturated rings. The molecule has 0 unspecified atom stereocenters. The first-order chi connectivity index (χ1) is 15.6. The topological polar surface area (TPSA) is 58.4 Å². The normalized spacial score (nSPS) is 15.0. The van der Waals surface area contributed by atoms with E-state index in [1.807, 2.05) is 31.2 Å². The molecule has 5 rings (SSSR count). The molecule has 0 radical (unpaired) electrons. The molecular formula is C25H26N4O2S. The number of carbonyl (C=O) groups is 2. The monoisotopic (exact) mass is 446 g/mol. The highest BCUT2D eigenvalue weighted by Crippen LogP contribution is 2.29. The highest BCUT2D eigenvalue weighted by Gasteiger charge is 2.21. The number of anilines is 1. The van der Waals surface area contributed by atoms with Crippen molar-refractivity contribution in [3.8, 4) is 0 Å². The van der Waals surface area contributed by atoms with Crippen molar-refractivity contribution in [1.29, 1.82) is 0 Å². The van der Waals surface area contributed by atoms with Crippen LogP contribution < -0.4 is 4.90 Å². The van der Waals surface area contributed by atoms with Crippen LogP contribution in [0.5, 0.6) is 0 Å². The summed E-state index contributed by atoms with van der Waals surface area (Å²) in [5.41, 5.74) is 1.57. The van der Waals surface area contributed by atoms with Gasteiger partial charge in [-0.25, -0.2) is 0 Å². The van der Waals surface area contributed by atoms with Gasteiger partial charge < -0.3 is 4.90 Å². The summed E-state index contributed by atoms with van der Waals surface area (Å²) < 4.78 is 7.56. The van der Waals surface area contributed by atoms with E-state index in [2.05, 4.69) is 38.4 Å². The molecule has 0 N–H and O–H groups in total. The zero-order valence-corrected chi connectivity index (χ0v) is 19.0. The van der Waals surface area contributed by atoms with E-state index in [0.717, 1.165) is 49.4 Å². The Kier molecular flexibility index (Phi) is 5.76. The number of rotatable bonds is 6. The van der Waals surface area contributed by atoms with Crippen molar-refractivity contribution in [3.05, 3.63) is 60.3 Å². The Morgan fingerprint density at radius 2 is 1.84 bits per heavy atom. The second kappa shape index (κ2) is 8.84. The molecule has 2 aromatic carbocycles. The van der Waals surface area contributed by atoms with E-state index in [1.54, 1.807) is 22.3 Å². The van der Waals surface area contributed by atoms with Gasteiger partial charge in [-0.2, -0.15) is 4.37 Å². The zero-order chi connectivity index (χ0) is 22.1. The van der Waals surface area contributed by atoms with Crippen molar-refractivity contribution in [1.82, 2.24) is 13.8 Å². The average molecular weight is 447 g/mol. The second-order valence-corrected chi connectivity index (χ2v) is 9.02. The van der Waals surface area contributed by atoms with Gasteiger partial charge in [0.05, 0.1) is 10.2 Å². The van der Waals surface area contributed by atoms with Crippen LogP contribution in [0.15, 0.2) is 54.7 Å². The fourth-order valence-corrected chi connectivity index (χ4v) is 5.19. The Hall–Kier alpha value is -3.03. The van der Waals surface area contributed by atoms with Gasteiger partial charge >= 0.3 is 0 Å². The largest absolute Gasteiger partial charge is 0.353 e. The lowest BCUT2D eigenvalue weighted by molar-refractivity contribution is 0.0913. The molecule has 164 valence electrons. The van der Waals surface area contributed by atoms with Crippen molar-refractivity contribution in [2.24, 2.45) is 0 Å². The van der Waals surface area contributed by atoms with E-state index < -0.39 is 0 Å². The van der Waals surface area contributed by atoms with Gasteiger partial charge in [-0.1, -0.05) is 19.1 Å². The van der Waals surface area contributed by atoms with E-state index >= 15 is 0 Å². The number of aromatic nitrogens is 2. The molecule has 0 spiro atoms. The van der Waals surface area contributed by atoms with Gasteiger partial charge in [0.25, 0.3) is 0 Å².